The number of rotatable bonds is 5. The zero-order valence-corrected chi connectivity index (χ0v) is 12.6. The van der Waals surface area contributed by atoms with Gasteiger partial charge < -0.3 is 9.64 Å². The van der Waals surface area contributed by atoms with Crippen molar-refractivity contribution in [2.75, 3.05) is 13.1 Å². The van der Waals surface area contributed by atoms with Crippen molar-refractivity contribution >= 4 is 5.91 Å². The molecule has 1 aromatic heterocycles. The van der Waals surface area contributed by atoms with Crippen LogP contribution in [0.15, 0.2) is 42.6 Å². The Bertz CT molecular complexity index is 703. The molecule has 0 N–H and O–H groups in total. The van der Waals surface area contributed by atoms with E-state index < -0.39 is 0 Å². The van der Waals surface area contributed by atoms with Crippen LogP contribution in [0.2, 0.25) is 0 Å². The first-order chi connectivity index (χ1) is 10.7. The maximum atomic E-state index is 12.3. The predicted octanol–water partition coefficient (Wildman–Crippen LogP) is 3.23. The Labute approximate surface area is 129 Å². The molecule has 2 rings (SSSR count). The van der Waals surface area contributed by atoms with E-state index in [0.717, 1.165) is 0 Å². The van der Waals surface area contributed by atoms with Crippen molar-refractivity contribution in [2.45, 2.75) is 13.8 Å². The van der Waals surface area contributed by atoms with Crippen LogP contribution >= 0.6 is 0 Å². The van der Waals surface area contributed by atoms with Crippen molar-refractivity contribution in [2.24, 2.45) is 0 Å². The van der Waals surface area contributed by atoms with Gasteiger partial charge in [-0.15, -0.1) is 0 Å². The SMILES string of the molecule is CCN(CC)C(=O)c1cccc(Oc2ncccc2C#N)c1. The number of nitrogens with zero attached hydrogens (tertiary/aromatic N) is 3. The first kappa shape index (κ1) is 15.5. The highest BCUT2D eigenvalue weighted by Gasteiger charge is 2.13. The zero-order valence-electron chi connectivity index (χ0n) is 12.6. The van der Waals surface area contributed by atoms with Gasteiger partial charge in [-0.25, -0.2) is 4.98 Å². The standard InChI is InChI=1S/C17H17N3O2/c1-3-20(4-2)17(21)13-7-5-9-15(11-13)22-16-14(12-18)8-6-10-19-16/h5-11H,3-4H2,1-2H3. The summed E-state index contributed by atoms with van der Waals surface area (Å²) in [6, 6.07) is 12.2. The van der Waals surface area contributed by atoms with Gasteiger partial charge in [0, 0.05) is 24.8 Å². The number of pyridine rings is 1. The lowest BCUT2D eigenvalue weighted by Crippen LogP contribution is -2.30. The van der Waals surface area contributed by atoms with Crippen LogP contribution in [0.1, 0.15) is 29.8 Å². The summed E-state index contributed by atoms with van der Waals surface area (Å²) in [6.45, 7) is 5.18. The number of ether oxygens (including phenoxy) is 1. The number of nitriles is 1. The van der Waals surface area contributed by atoms with Crippen LogP contribution in [-0.4, -0.2) is 28.9 Å². The van der Waals surface area contributed by atoms with Crippen molar-refractivity contribution < 1.29 is 9.53 Å². The summed E-state index contributed by atoms with van der Waals surface area (Å²) in [5, 5.41) is 9.05. The van der Waals surface area contributed by atoms with Gasteiger partial charge in [0.1, 0.15) is 17.4 Å². The van der Waals surface area contributed by atoms with Crippen LogP contribution in [-0.2, 0) is 0 Å². The second-order valence-corrected chi connectivity index (χ2v) is 4.58. The summed E-state index contributed by atoms with van der Waals surface area (Å²) in [5.74, 6) is 0.669. The molecule has 112 valence electrons. The smallest absolute Gasteiger partial charge is 0.253 e. The van der Waals surface area contributed by atoms with Crippen LogP contribution in [0, 0.1) is 11.3 Å². The molecule has 1 heterocycles. The van der Waals surface area contributed by atoms with Gasteiger partial charge in [-0.1, -0.05) is 6.07 Å². The topological polar surface area (TPSA) is 66.2 Å². The molecule has 0 unspecified atom stereocenters. The van der Waals surface area contributed by atoms with Crippen LogP contribution in [0.25, 0.3) is 0 Å². The van der Waals surface area contributed by atoms with E-state index in [0.29, 0.717) is 30.0 Å². The van der Waals surface area contributed by atoms with Gasteiger partial charge in [0.15, 0.2) is 0 Å². The average molecular weight is 295 g/mol. The van der Waals surface area contributed by atoms with Gasteiger partial charge in [-0.05, 0) is 44.2 Å². The third kappa shape index (κ3) is 3.41. The van der Waals surface area contributed by atoms with Gasteiger partial charge in [-0.3, -0.25) is 4.79 Å². The van der Waals surface area contributed by atoms with Gasteiger partial charge in [-0.2, -0.15) is 5.26 Å². The summed E-state index contributed by atoms with van der Waals surface area (Å²) in [4.78, 5) is 18.1. The molecule has 0 saturated heterocycles. The Morgan fingerprint density at radius 2 is 2.05 bits per heavy atom. The Hall–Kier alpha value is -2.87. The van der Waals surface area contributed by atoms with E-state index in [-0.39, 0.29) is 11.8 Å². The molecule has 0 aliphatic carbocycles. The number of carbonyl (C=O) groups excluding carboxylic acids is 1. The quantitative estimate of drug-likeness (QED) is 0.849. The van der Waals surface area contributed by atoms with E-state index in [1.54, 1.807) is 47.5 Å². The molecule has 0 atom stereocenters. The molecule has 0 aliphatic heterocycles. The van der Waals surface area contributed by atoms with Crippen molar-refractivity contribution in [3.63, 3.8) is 0 Å². The lowest BCUT2D eigenvalue weighted by atomic mass is 10.2. The molecular formula is C17H17N3O2. The highest BCUT2D eigenvalue weighted by Crippen LogP contribution is 2.23. The summed E-state index contributed by atoms with van der Waals surface area (Å²) < 4.78 is 5.63. The minimum atomic E-state index is -0.0445. The fraction of sp³-hybridized carbons (Fsp3) is 0.235. The fourth-order valence-corrected chi connectivity index (χ4v) is 2.05. The molecule has 0 radical (unpaired) electrons. The molecule has 5 nitrogen and oxygen atoms in total. The lowest BCUT2D eigenvalue weighted by Gasteiger charge is -2.18. The average Bonchev–Trinajstić information content (AvgIpc) is 2.56. The molecule has 0 fully saturated rings. The Kier molecular flexibility index (Phi) is 5.10. The van der Waals surface area contributed by atoms with E-state index in [9.17, 15) is 4.79 Å². The molecule has 5 heteroatoms. The summed E-state index contributed by atoms with van der Waals surface area (Å²) in [5.41, 5.74) is 0.901. The van der Waals surface area contributed by atoms with Gasteiger partial charge in [0.05, 0.1) is 0 Å². The monoisotopic (exact) mass is 295 g/mol. The molecule has 2 aromatic rings. The number of hydrogen-bond acceptors (Lipinski definition) is 4. The largest absolute Gasteiger partial charge is 0.438 e. The second kappa shape index (κ2) is 7.23. The van der Waals surface area contributed by atoms with E-state index in [4.69, 9.17) is 10.00 Å². The van der Waals surface area contributed by atoms with E-state index in [1.807, 2.05) is 19.9 Å². The summed E-state index contributed by atoms with van der Waals surface area (Å²) >= 11 is 0. The van der Waals surface area contributed by atoms with E-state index in [2.05, 4.69) is 4.98 Å². The Morgan fingerprint density at radius 3 is 2.73 bits per heavy atom. The maximum Gasteiger partial charge on any atom is 0.253 e. The third-order valence-corrected chi connectivity index (χ3v) is 3.24. The molecule has 0 aliphatic rings. The minimum absolute atomic E-state index is 0.0445. The molecular weight excluding hydrogens is 278 g/mol. The van der Waals surface area contributed by atoms with Crippen LogP contribution in [0.4, 0.5) is 0 Å². The van der Waals surface area contributed by atoms with Crippen LogP contribution < -0.4 is 4.74 Å². The number of hydrogen-bond donors (Lipinski definition) is 0. The van der Waals surface area contributed by atoms with Gasteiger partial charge >= 0.3 is 0 Å². The maximum absolute atomic E-state index is 12.3. The number of carbonyl (C=O) groups is 1. The van der Waals surface area contributed by atoms with Gasteiger partial charge in [0.25, 0.3) is 5.91 Å². The third-order valence-electron chi connectivity index (χ3n) is 3.24. The molecule has 1 amide bonds. The minimum Gasteiger partial charge on any atom is -0.438 e. The van der Waals surface area contributed by atoms with Crippen molar-refractivity contribution in [3.05, 3.63) is 53.7 Å². The Morgan fingerprint density at radius 1 is 1.27 bits per heavy atom. The van der Waals surface area contributed by atoms with Crippen molar-refractivity contribution in [1.82, 2.24) is 9.88 Å². The first-order valence-electron chi connectivity index (χ1n) is 7.11. The van der Waals surface area contributed by atoms with E-state index >= 15 is 0 Å². The number of aromatic nitrogens is 1. The molecule has 1 aromatic carbocycles. The normalized spacial score (nSPS) is 9.86. The first-order valence-corrected chi connectivity index (χ1v) is 7.11. The summed E-state index contributed by atoms with van der Waals surface area (Å²) in [6.07, 6.45) is 1.56. The second-order valence-electron chi connectivity index (χ2n) is 4.58. The lowest BCUT2D eigenvalue weighted by molar-refractivity contribution is 0.0772. The molecule has 0 spiro atoms. The highest BCUT2D eigenvalue weighted by atomic mass is 16.5. The van der Waals surface area contributed by atoms with Crippen molar-refractivity contribution in [3.8, 4) is 17.7 Å². The summed E-state index contributed by atoms with van der Waals surface area (Å²) in [7, 11) is 0. The molecule has 22 heavy (non-hydrogen) atoms. The van der Waals surface area contributed by atoms with Crippen LogP contribution in [0.3, 0.4) is 0 Å². The fourth-order valence-electron chi connectivity index (χ4n) is 2.05. The molecule has 0 saturated carbocycles. The predicted molar refractivity (Wildman–Crippen MR) is 82.7 cm³/mol. The van der Waals surface area contributed by atoms with E-state index in [1.165, 1.54) is 0 Å². The Balaban J connectivity index is 2.26. The van der Waals surface area contributed by atoms with Gasteiger partial charge in [0.2, 0.25) is 5.88 Å². The number of amides is 1. The number of benzene rings is 1. The van der Waals surface area contributed by atoms with Crippen LogP contribution in [0.5, 0.6) is 11.6 Å². The molecule has 0 bridgehead atoms. The zero-order chi connectivity index (χ0) is 15.9. The highest BCUT2D eigenvalue weighted by molar-refractivity contribution is 5.94. The van der Waals surface area contributed by atoms with Crippen molar-refractivity contribution in [1.29, 1.82) is 5.26 Å².